The number of phenolic OH excluding ortho intramolecular Hbond substituents is 1. The number of para-hydroxylation sites is 1. The van der Waals surface area contributed by atoms with Crippen molar-refractivity contribution in [1.82, 2.24) is 5.16 Å². The van der Waals surface area contributed by atoms with Crippen LogP contribution in [0, 0.1) is 6.92 Å². The second kappa shape index (κ2) is 5.38. The third-order valence-corrected chi connectivity index (χ3v) is 3.88. The Morgan fingerprint density at radius 1 is 1.04 bits per heavy atom. The van der Waals surface area contributed by atoms with Crippen LogP contribution in [0.3, 0.4) is 0 Å². The number of fused-ring (bicyclic) bond motifs is 1. The van der Waals surface area contributed by atoms with Crippen LogP contribution < -0.4 is 5.43 Å². The van der Waals surface area contributed by atoms with Gasteiger partial charge in [0.25, 0.3) is 0 Å². The van der Waals surface area contributed by atoms with Crippen molar-refractivity contribution in [3.05, 3.63) is 70.6 Å². The maximum atomic E-state index is 12.7. The molecule has 0 radical (unpaired) electrons. The maximum absolute atomic E-state index is 12.7. The van der Waals surface area contributed by atoms with E-state index in [4.69, 9.17) is 8.94 Å². The molecule has 0 atom stereocenters. The molecule has 2 aromatic carbocycles. The Balaban J connectivity index is 1.86. The quantitative estimate of drug-likeness (QED) is 0.601. The summed E-state index contributed by atoms with van der Waals surface area (Å²) in [5, 5.41) is 14.3. The van der Waals surface area contributed by atoms with E-state index in [1.54, 1.807) is 42.5 Å². The topological polar surface area (TPSA) is 76.5 Å². The van der Waals surface area contributed by atoms with Crippen molar-refractivity contribution in [2.75, 3.05) is 0 Å². The Labute approximate surface area is 136 Å². The van der Waals surface area contributed by atoms with E-state index < -0.39 is 0 Å². The number of hydrogen-bond donors (Lipinski definition) is 1. The van der Waals surface area contributed by atoms with Crippen LogP contribution in [0.1, 0.15) is 5.56 Å². The van der Waals surface area contributed by atoms with E-state index in [-0.39, 0.29) is 11.2 Å². The number of nitrogens with zero attached hydrogens (tertiary/aromatic N) is 1. The van der Waals surface area contributed by atoms with Gasteiger partial charge < -0.3 is 14.0 Å². The van der Waals surface area contributed by atoms with Crippen LogP contribution >= 0.6 is 0 Å². The van der Waals surface area contributed by atoms with E-state index in [1.165, 1.54) is 6.26 Å². The monoisotopic (exact) mass is 319 g/mol. The number of aromatic nitrogens is 1. The fourth-order valence-electron chi connectivity index (χ4n) is 2.63. The number of benzene rings is 2. The molecule has 0 fully saturated rings. The third kappa shape index (κ3) is 2.27. The highest BCUT2D eigenvalue weighted by atomic mass is 16.5. The van der Waals surface area contributed by atoms with Crippen molar-refractivity contribution in [2.45, 2.75) is 6.92 Å². The predicted molar refractivity (Wildman–Crippen MR) is 89.8 cm³/mol. The molecule has 4 rings (SSSR count). The van der Waals surface area contributed by atoms with E-state index in [0.717, 1.165) is 5.56 Å². The van der Waals surface area contributed by atoms with Gasteiger partial charge in [-0.1, -0.05) is 28.9 Å². The molecule has 5 heteroatoms. The molecule has 0 aliphatic heterocycles. The summed E-state index contributed by atoms with van der Waals surface area (Å²) >= 11 is 0. The van der Waals surface area contributed by atoms with Crippen LogP contribution in [0.2, 0.25) is 0 Å². The lowest BCUT2D eigenvalue weighted by Gasteiger charge is -2.00. The predicted octanol–water partition coefficient (Wildman–Crippen LogP) is 4.13. The molecule has 0 spiro atoms. The first-order valence-electron chi connectivity index (χ1n) is 7.41. The Bertz CT molecular complexity index is 1110. The third-order valence-electron chi connectivity index (χ3n) is 3.88. The SMILES string of the molecule is Cc1ccc2occ(-c3cc(-c4ccccc4O)no3)c(=O)c2c1. The van der Waals surface area contributed by atoms with E-state index in [1.807, 2.05) is 13.0 Å². The van der Waals surface area contributed by atoms with Gasteiger partial charge in [0.15, 0.2) is 5.76 Å². The van der Waals surface area contributed by atoms with E-state index in [2.05, 4.69) is 5.16 Å². The maximum Gasteiger partial charge on any atom is 0.203 e. The Kier molecular flexibility index (Phi) is 3.20. The zero-order valence-electron chi connectivity index (χ0n) is 12.8. The summed E-state index contributed by atoms with van der Waals surface area (Å²) in [4.78, 5) is 12.7. The molecule has 0 amide bonds. The van der Waals surface area contributed by atoms with E-state index in [9.17, 15) is 9.90 Å². The molecule has 0 aliphatic carbocycles. The first-order chi connectivity index (χ1) is 11.6. The van der Waals surface area contributed by atoms with Crippen LogP contribution in [-0.2, 0) is 0 Å². The minimum absolute atomic E-state index is 0.0959. The number of rotatable bonds is 2. The molecule has 0 saturated carbocycles. The average Bonchev–Trinajstić information content (AvgIpc) is 3.06. The van der Waals surface area contributed by atoms with Crippen LogP contribution in [0.5, 0.6) is 5.75 Å². The lowest BCUT2D eigenvalue weighted by molar-refractivity contribution is 0.431. The molecule has 118 valence electrons. The first-order valence-corrected chi connectivity index (χ1v) is 7.41. The van der Waals surface area contributed by atoms with E-state index >= 15 is 0 Å². The summed E-state index contributed by atoms with van der Waals surface area (Å²) in [7, 11) is 0. The zero-order chi connectivity index (χ0) is 16.7. The van der Waals surface area contributed by atoms with Crippen LogP contribution in [-0.4, -0.2) is 10.3 Å². The molecule has 2 aromatic heterocycles. The van der Waals surface area contributed by atoms with Gasteiger partial charge in [-0.25, -0.2) is 0 Å². The number of aryl methyl sites for hydroxylation is 1. The fraction of sp³-hybridized carbons (Fsp3) is 0.0526. The van der Waals surface area contributed by atoms with Gasteiger partial charge in [-0.15, -0.1) is 0 Å². The first kappa shape index (κ1) is 14.3. The van der Waals surface area contributed by atoms with Crippen LogP contribution in [0.4, 0.5) is 0 Å². The highest BCUT2D eigenvalue weighted by molar-refractivity contribution is 5.82. The molecule has 0 unspecified atom stereocenters. The molecule has 24 heavy (non-hydrogen) atoms. The standard InChI is InChI=1S/C19H13NO4/c1-11-6-7-17-13(8-11)19(22)14(10-23-17)18-9-15(20-24-18)12-4-2-3-5-16(12)21/h2-10,21H,1H3. The summed E-state index contributed by atoms with van der Waals surface area (Å²) < 4.78 is 10.8. The van der Waals surface area contributed by atoms with Gasteiger partial charge in [0.1, 0.15) is 28.9 Å². The van der Waals surface area contributed by atoms with Crippen molar-refractivity contribution >= 4 is 11.0 Å². The Hall–Kier alpha value is -3.34. The van der Waals surface area contributed by atoms with Gasteiger partial charge in [-0.2, -0.15) is 0 Å². The molecule has 4 aromatic rings. The summed E-state index contributed by atoms with van der Waals surface area (Å²) in [5.41, 5.74) is 2.59. The second-order valence-corrected chi connectivity index (χ2v) is 5.57. The normalized spacial score (nSPS) is 11.0. The van der Waals surface area contributed by atoms with Gasteiger partial charge in [0.2, 0.25) is 5.43 Å². The lowest BCUT2D eigenvalue weighted by atomic mass is 10.1. The fourth-order valence-corrected chi connectivity index (χ4v) is 2.63. The summed E-state index contributed by atoms with van der Waals surface area (Å²) in [6.45, 7) is 1.91. The number of hydrogen-bond acceptors (Lipinski definition) is 5. The van der Waals surface area contributed by atoms with Crippen molar-refractivity contribution < 1.29 is 14.0 Å². The van der Waals surface area contributed by atoms with Gasteiger partial charge in [-0.3, -0.25) is 4.79 Å². The molecular formula is C19H13NO4. The average molecular weight is 319 g/mol. The van der Waals surface area contributed by atoms with Gasteiger partial charge in [0.05, 0.1) is 5.39 Å². The van der Waals surface area contributed by atoms with Gasteiger partial charge in [0, 0.05) is 11.6 Å². The minimum atomic E-state index is -0.181. The number of phenols is 1. The Morgan fingerprint density at radius 3 is 2.71 bits per heavy atom. The van der Waals surface area contributed by atoms with Crippen molar-refractivity contribution in [3.8, 4) is 28.3 Å². The zero-order valence-corrected chi connectivity index (χ0v) is 12.8. The smallest absolute Gasteiger partial charge is 0.203 e. The largest absolute Gasteiger partial charge is 0.507 e. The summed E-state index contributed by atoms with van der Waals surface area (Å²) in [5.74, 6) is 0.393. The Morgan fingerprint density at radius 2 is 1.88 bits per heavy atom. The molecule has 1 N–H and O–H groups in total. The van der Waals surface area contributed by atoms with Crippen molar-refractivity contribution in [1.29, 1.82) is 0 Å². The summed E-state index contributed by atoms with van der Waals surface area (Å²) in [6.07, 6.45) is 1.37. The molecule has 2 heterocycles. The van der Waals surface area contributed by atoms with Gasteiger partial charge >= 0.3 is 0 Å². The van der Waals surface area contributed by atoms with Crippen molar-refractivity contribution in [3.63, 3.8) is 0 Å². The van der Waals surface area contributed by atoms with Crippen molar-refractivity contribution in [2.24, 2.45) is 0 Å². The van der Waals surface area contributed by atoms with Crippen LogP contribution in [0.25, 0.3) is 33.6 Å². The second-order valence-electron chi connectivity index (χ2n) is 5.57. The molecule has 5 nitrogen and oxygen atoms in total. The highest BCUT2D eigenvalue weighted by Gasteiger charge is 2.16. The van der Waals surface area contributed by atoms with Crippen LogP contribution in [0.15, 0.2) is 68.5 Å². The minimum Gasteiger partial charge on any atom is -0.507 e. The lowest BCUT2D eigenvalue weighted by Crippen LogP contribution is -2.04. The number of aromatic hydroxyl groups is 1. The molecule has 0 saturated heterocycles. The van der Waals surface area contributed by atoms with Gasteiger partial charge in [-0.05, 0) is 31.2 Å². The highest BCUT2D eigenvalue weighted by Crippen LogP contribution is 2.30. The summed E-state index contributed by atoms with van der Waals surface area (Å²) in [6, 6.07) is 13.9. The molecule has 0 bridgehead atoms. The molecule has 0 aliphatic rings. The molecular weight excluding hydrogens is 306 g/mol. The van der Waals surface area contributed by atoms with E-state index in [0.29, 0.717) is 33.6 Å².